The van der Waals surface area contributed by atoms with Gasteiger partial charge in [-0.15, -0.1) is 0 Å². The van der Waals surface area contributed by atoms with E-state index < -0.39 is 0 Å². The molecular formula is C32H63NO2. The molecule has 3 atom stereocenters. The average molecular weight is 494 g/mol. The van der Waals surface area contributed by atoms with Crippen molar-refractivity contribution in [3.05, 3.63) is 0 Å². The lowest BCUT2D eigenvalue weighted by Gasteiger charge is -2.21. The van der Waals surface area contributed by atoms with E-state index in [4.69, 9.17) is 4.74 Å². The second kappa shape index (κ2) is 22.6. The summed E-state index contributed by atoms with van der Waals surface area (Å²) in [6.45, 7) is 5.98. The zero-order chi connectivity index (χ0) is 25.6. The van der Waals surface area contributed by atoms with Crippen molar-refractivity contribution in [3.63, 3.8) is 0 Å². The summed E-state index contributed by atoms with van der Waals surface area (Å²) < 4.78 is 4.99. The fraction of sp³-hybridized carbons (Fsp3) is 0.969. The summed E-state index contributed by atoms with van der Waals surface area (Å²) in [4.78, 5) is 13.7. The number of hydrogen-bond donors (Lipinski definition) is 0. The summed E-state index contributed by atoms with van der Waals surface area (Å²) in [7, 11) is 4.48. The van der Waals surface area contributed by atoms with E-state index in [1.54, 1.807) is 0 Å². The molecule has 1 aliphatic carbocycles. The molecule has 0 N–H and O–H groups in total. The predicted octanol–water partition coefficient (Wildman–Crippen LogP) is 9.58. The highest BCUT2D eigenvalue weighted by molar-refractivity contribution is 5.69. The maximum atomic E-state index is 11.3. The molecule has 1 fully saturated rings. The van der Waals surface area contributed by atoms with Crippen LogP contribution in [0.25, 0.3) is 0 Å². The van der Waals surface area contributed by atoms with Crippen molar-refractivity contribution in [2.24, 2.45) is 17.8 Å². The van der Waals surface area contributed by atoms with Crippen molar-refractivity contribution >= 4 is 5.97 Å². The lowest BCUT2D eigenvalue weighted by atomic mass is 9.93. The standard InChI is InChI=1S/C32H63NO2/c1-5-7-8-12-17-22-29(28-33(3)4)23-18-13-9-10-14-19-24-30-27-31(30)25-20-15-11-16-21-26-32(34)35-6-2/h29-31H,5-28H2,1-4H3. The number of ether oxygens (including phenoxy) is 1. The summed E-state index contributed by atoms with van der Waals surface area (Å²) in [5.74, 6) is 3.00. The molecule has 0 amide bonds. The van der Waals surface area contributed by atoms with Crippen molar-refractivity contribution in [1.82, 2.24) is 4.90 Å². The van der Waals surface area contributed by atoms with Gasteiger partial charge in [0.1, 0.15) is 0 Å². The molecule has 0 aromatic heterocycles. The van der Waals surface area contributed by atoms with Gasteiger partial charge in [-0.25, -0.2) is 0 Å². The van der Waals surface area contributed by atoms with E-state index in [0.29, 0.717) is 13.0 Å². The highest BCUT2D eigenvalue weighted by Gasteiger charge is 2.34. The van der Waals surface area contributed by atoms with Crippen molar-refractivity contribution in [1.29, 1.82) is 0 Å². The second-order valence-electron chi connectivity index (χ2n) is 11.9. The highest BCUT2D eigenvalue weighted by atomic mass is 16.5. The Labute approximate surface area is 220 Å². The molecule has 0 heterocycles. The van der Waals surface area contributed by atoms with Crippen LogP contribution in [0.5, 0.6) is 0 Å². The van der Waals surface area contributed by atoms with Crippen LogP contribution in [-0.4, -0.2) is 38.1 Å². The maximum Gasteiger partial charge on any atom is 0.305 e. The van der Waals surface area contributed by atoms with Gasteiger partial charge in [-0.3, -0.25) is 4.79 Å². The zero-order valence-corrected chi connectivity index (χ0v) is 24.5. The molecular weight excluding hydrogens is 430 g/mol. The average Bonchev–Trinajstić information content (AvgIpc) is 3.57. The summed E-state index contributed by atoms with van der Waals surface area (Å²) in [5.41, 5.74) is 0. The SMILES string of the molecule is CCCCCCCC(CCCCCCCCC1CC1CCCCCCCC(=O)OCC)CN(C)C. The summed E-state index contributed by atoms with van der Waals surface area (Å²) in [6, 6.07) is 0. The topological polar surface area (TPSA) is 29.5 Å². The minimum atomic E-state index is -0.0227. The maximum absolute atomic E-state index is 11.3. The Bertz CT molecular complexity index is 478. The van der Waals surface area contributed by atoms with Crippen LogP contribution in [0.2, 0.25) is 0 Å². The number of nitrogens with zero attached hydrogens (tertiary/aromatic N) is 1. The lowest BCUT2D eigenvalue weighted by Crippen LogP contribution is -2.21. The van der Waals surface area contributed by atoms with E-state index in [-0.39, 0.29) is 5.97 Å². The number of esters is 1. The van der Waals surface area contributed by atoms with E-state index in [0.717, 1.165) is 24.2 Å². The largest absolute Gasteiger partial charge is 0.466 e. The number of unbranched alkanes of at least 4 members (excludes halogenated alkanes) is 13. The van der Waals surface area contributed by atoms with Crippen LogP contribution < -0.4 is 0 Å². The van der Waals surface area contributed by atoms with Crippen LogP contribution in [0.1, 0.15) is 155 Å². The third-order valence-electron chi connectivity index (χ3n) is 8.11. The Hall–Kier alpha value is -0.570. The fourth-order valence-corrected chi connectivity index (χ4v) is 5.88. The minimum absolute atomic E-state index is 0.0227. The van der Waals surface area contributed by atoms with Crippen LogP contribution in [0.3, 0.4) is 0 Å². The Kier molecular flexibility index (Phi) is 21.0. The molecule has 1 saturated carbocycles. The fourth-order valence-electron chi connectivity index (χ4n) is 5.88. The molecule has 1 rings (SSSR count). The number of rotatable bonds is 26. The van der Waals surface area contributed by atoms with Crippen molar-refractivity contribution < 1.29 is 9.53 Å². The third-order valence-corrected chi connectivity index (χ3v) is 8.11. The molecule has 208 valence electrons. The monoisotopic (exact) mass is 493 g/mol. The van der Waals surface area contributed by atoms with Crippen LogP contribution >= 0.6 is 0 Å². The van der Waals surface area contributed by atoms with Gasteiger partial charge in [-0.2, -0.15) is 0 Å². The molecule has 0 bridgehead atoms. The number of carbonyl (C=O) groups excluding carboxylic acids is 1. The Morgan fingerprint density at radius 1 is 0.714 bits per heavy atom. The number of carbonyl (C=O) groups is 1. The van der Waals surface area contributed by atoms with Gasteiger partial charge in [0, 0.05) is 13.0 Å². The first-order valence-electron chi connectivity index (χ1n) is 15.9. The molecule has 3 heteroatoms. The van der Waals surface area contributed by atoms with E-state index in [1.807, 2.05) is 6.92 Å². The molecule has 1 aliphatic rings. The van der Waals surface area contributed by atoms with Gasteiger partial charge in [-0.1, -0.05) is 116 Å². The van der Waals surface area contributed by atoms with Gasteiger partial charge in [0.25, 0.3) is 0 Å². The van der Waals surface area contributed by atoms with Gasteiger partial charge in [0.2, 0.25) is 0 Å². The first kappa shape index (κ1) is 32.5. The van der Waals surface area contributed by atoms with E-state index in [1.165, 1.54) is 135 Å². The molecule has 0 spiro atoms. The summed E-state index contributed by atoms with van der Waals surface area (Å²) in [5, 5.41) is 0. The van der Waals surface area contributed by atoms with E-state index in [2.05, 4.69) is 25.9 Å². The van der Waals surface area contributed by atoms with Gasteiger partial charge in [0.15, 0.2) is 0 Å². The van der Waals surface area contributed by atoms with Crippen LogP contribution in [0, 0.1) is 17.8 Å². The van der Waals surface area contributed by atoms with E-state index in [9.17, 15) is 4.79 Å². The van der Waals surface area contributed by atoms with Crippen LogP contribution in [0.4, 0.5) is 0 Å². The Balaban J connectivity index is 1.88. The van der Waals surface area contributed by atoms with Gasteiger partial charge < -0.3 is 9.64 Å². The highest BCUT2D eigenvalue weighted by Crippen LogP contribution is 2.45. The van der Waals surface area contributed by atoms with Crippen molar-refractivity contribution in [2.45, 2.75) is 155 Å². The normalized spacial score (nSPS) is 18.2. The Morgan fingerprint density at radius 2 is 1.20 bits per heavy atom. The van der Waals surface area contributed by atoms with E-state index >= 15 is 0 Å². The first-order valence-corrected chi connectivity index (χ1v) is 15.9. The molecule has 0 radical (unpaired) electrons. The molecule has 0 aromatic rings. The number of hydrogen-bond acceptors (Lipinski definition) is 3. The van der Waals surface area contributed by atoms with Gasteiger partial charge in [0.05, 0.1) is 6.61 Å². The molecule has 0 aromatic carbocycles. The summed E-state index contributed by atoms with van der Waals surface area (Å²) >= 11 is 0. The molecule has 35 heavy (non-hydrogen) atoms. The van der Waals surface area contributed by atoms with Gasteiger partial charge >= 0.3 is 5.97 Å². The van der Waals surface area contributed by atoms with Gasteiger partial charge in [-0.05, 0) is 64.5 Å². The summed E-state index contributed by atoms with van der Waals surface area (Å²) in [6.07, 6.45) is 30.0. The molecule has 0 saturated heterocycles. The quantitative estimate of drug-likeness (QED) is 0.0887. The smallest absolute Gasteiger partial charge is 0.305 e. The first-order chi connectivity index (χ1) is 17.1. The lowest BCUT2D eigenvalue weighted by molar-refractivity contribution is -0.143. The Morgan fingerprint density at radius 3 is 1.71 bits per heavy atom. The van der Waals surface area contributed by atoms with Crippen LogP contribution in [-0.2, 0) is 9.53 Å². The predicted molar refractivity (Wildman–Crippen MR) is 153 cm³/mol. The minimum Gasteiger partial charge on any atom is -0.466 e. The van der Waals surface area contributed by atoms with Crippen molar-refractivity contribution in [3.8, 4) is 0 Å². The third kappa shape index (κ3) is 20.2. The molecule has 3 nitrogen and oxygen atoms in total. The van der Waals surface area contributed by atoms with Crippen LogP contribution in [0.15, 0.2) is 0 Å². The van der Waals surface area contributed by atoms with Crippen molar-refractivity contribution in [2.75, 3.05) is 27.2 Å². The molecule has 0 aliphatic heterocycles. The second-order valence-corrected chi connectivity index (χ2v) is 11.9. The zero-order valence-electron chi connectivity index (χ0n) is 24.5. The molecule has 3 unspecified atom stereocenters.